The Morgan fingerprint density at radius 2 is 2.19 bits per heavy atom. The smallest absolute Gasteiger partial charge is 0.295 e. The number of hydrazine groups is 1. The predicted molar refractivity (Wildman–Crippen MR) is 82.4 cm³/mol. The number of nitrogens with one attached hydrogen (secondary N) is 2. The maximum atomic E-state index is 12.1. The average molecular weight is 315 g/mol. The second kappa shape index (κ2) is 7.80. The molecular formula is C13H19ClN4O3. The molecule has 0 heterocycles. The van der Waals surface area contributed by atoms with Crippen molar-refractivity contribution in [3.63, 3.8) is 0 Å². The largest absolute Gasteiger partial charge is 0.350 e. The molecule has 0 radical (unpaired) electrons. The molecule has 1 rings (SSSR count). The normalized spacial score (nSPS) is 11.8. The first-order valence-electron chi connectivity index (χ1n) is 6.66. The Morgan fingerprint density at radius 1 is 1.52 bits per heavy atom. The van der Waals surface area contributed by atoms with Crippen LogP contribution in [0, 0.1) is 10.1 Å². The van der Waals surface area contributed by atoms with Crippen molar-refractivity contribution in [2.24, 2.45) is 5.84 Å². The van der Waals surface area contributed by atoms with Crippen molar-refractivity contribution >= 4 is 28.9 Å². The van der Waals surface area contributed by atoms with Crippen LogP contribution in [0.2, 0.25) is 5.02 Å². The zero-order chi connectivity index (χ0) is 16.0. The summed E-state index contributed by atoms with van der Waals surface area (Å²) in [4.78, 5) is 22.5. The number of nitrogens with two attached hydrogens (primary N) is 1. The fourth-order valence-corrected chi connectivity index (χ4v) is 2.17. The molecule has 0 saturated carbocycles. The number of nitro benzene ring substituents is 1. The highest BCUT2D eigenvalue weighted by Crippen LogP contribution is 2.33. The maximum absolute atomic E-state index is 12.1. The summed E-state index contributed by atoms with van der Waals surface area (Å²) in [5.41, 5.74) is 1.95. The van der Waals surface area contributed by atoms with Crippen molar-refractivity contribution in [1.82, 2.24) is 5.32 Å². The van der Waals surface area contributed by atoms with Crippen LogP contribution in [0.4, 0.5) is 11.4 Å². The number of nitrogen functional groups attached to an aromatic ring is 1. The van der Waals surface area contributed by atoms with Gasteiger partial charge in [-0.2, -0.15) is 0 Å². The zero-order valence-electron chi connectivity index (χ0n) is 12.0. The zero-order valence-corrected chi connectivity index (χ0v) is 12.7. The lowest BCUT2D eigenvalue weighted by Crippen LogP contribution is -2.32. The van der Waals surface area contributed by atoms with Gasteiger partial charge in [0.15, 0.2) is 0 Å². The van der Waals surface area contributed by atoms with Crippen molar-refractivity contribution in [2.75, 3.05) is 5.43 Å². The molecule has 1 aromatic carbocycles. The summed E-state index contributed by atoms with van der Waals surface area (Å²) in [5, 5.41) is 13.8. The third kappa shape index (κ3) is 4.57. The van der Waals surface area contributed by atoms with E-state index >= 15 is 0 Å². The lowest BCUT2D eigenvalue weighted by atomic mass is 10.1. The van der Waals surface area contributed by atoms with E-state index in [4.69, 9.17) is 17.4 Å². The van der Waals surface area contributed by atoms with Crippen LogP contribution in [0.15, 0.2) is 12.1 Å². The third-order valence-electron chi connectivity index (χ3n) is 3.04. The van der Waals surface area contributed by atoms with Gasteiger partial charge in [0.05, 0.1) is 9.95 Å². The van der Waals surface area contributed by atoms with Gasteiger partial charge in [-0.3, -0.25) is 20.8 Å². The molecule has 7 nitrogen and oxygen atoms in total. The minimum absolute atomic E-state index is 0.0115. The molecule has 0 fully saturated rings. The fraction of sp³-hybridized carbons (Fsp3) is 0.462. The number of carbonyl (C=O) groups is 1. The minimum atomic E-state index is -0.641. The number of hydrogen-bond donors (Lipinski definition) is 3. The van der Waals surface area contributed by atoms with Gasteiger partial charge in [-0.25, -0.2) is 0 Å². The number of nitro groups is 1. The molecule has 0 aromatic heterocycles. The van der Waals surface area contributed by atoms with Crippen LogP contribution in [0.1, 0.15) is 43.5 Å². The molecule has 1 unspecified atom stereocenters. The maximum Gasteiger partial charge on any atom is 0.295 e. The highest BCUT2D eigenvalue weighted by molar-refractivity contribution is 6.34. The van der Waals surface area contributed by atoms with Crippen LogP contribution < -0.4 is 16.6 Å². The minimum Gasteiger partial charge on any atom is -0.350 e. The van der Waals surface area contributed by atoms with Crippen LogP contribution in [0.5, 0.6) is 0 Å². The van der Waals surface area contributed by atoms with E-state index in [0.29, 0.717) is 0 Å². The summed E-state index contributed by atoms with van der Waals surface area (Å²) in [6.07, 6.45) is 2.88. The molecule has 0 bridgehead atoms. The molecule has 0 saturated heterocycles. The van der Waals surface area contributed by atoms with Crippen molar-refractivity contribution in [2.45, 2.75) is 39.2 Å². The number of halogens is 1. The van der Waals surface area contributed by atoms with Crippen LogP contribution in [0.25, 0.3) is 0 Å². The van der Waals surface area contributed by atoms with Crippen molar-refractivity contribution in [3.05, 3.63) is 32.8 Å². The van der Waals surface area contributed by atoms with Gasteiger partial charge >= 0.3 is 0 Å². The molecule has 4 N–H and O–H groups in total. The molecule has 0 aliphatic carbocycles. The first kappa shape index (κ1) is 17.2. The number of unbranched alkanes of at least 4 members (excludes halogenated alkanes) is 1. The van der Waals surface area contributed by atoms with Gasteiger partial charge < -0.3 is 10.7 Å². The summed E-state index contributed by atoms with van der Waals surface area (Å²) in [5.74, 6) is 4.82. The van der Waals surface area contributed by atoms with E-state index in [2.05, 4.69) is 17.7 Å². The highest BCUT2D eigenvalue weighted by Gasteiger charge is 2.21. The van der Waals surface area contributed by atoms with Crippen LogP contribution in [0.3, 0.4) is 0 Å². The molecule has 21 heavy (non-hydrogen) atoms. The summed E-state index contributed by atoms with van der Waals surface area (Å²) >= 11 is 5.92. The Balaban J connectivity index is 2.98. The SMILES string of the molecule is CCCCC(C)NC(=O)c1cc(Cl)c(NN)c([N+](=O)[O-])c1. The Bertz CT molecular complexity index is 536. The first-order valence-corrected chi connectivity index (χ1v) is 7.03. The van der Waals surface area contributed by atoms with E-state index in [-0.39, 0.29) is 28.0 Å². The number of nitrogens with zero attached hydrogens (tertiary/aromatic N) is 1. The molecular weight excluding hydrogens is 296 g/mol. The van der Waals surface area contributed by atoms with Gasteiger partial charge in [-0.15, -0.1) is 0 Å². The molecule has 0 aliphatic rings. The summed E-state index contributed by atoms with van der Waals surface area (Å²) < 4.78 is 0. The van der Waals surface area contributed by atoms with Crippen LogP contribution >= 0.6 is 11.6 Å². The quantitative estimate of drug-likeness (QED) is 0.407. The van der Waals surface area contributed by atoms with Gasteiger partial charge in [-0.1, -0.05) is 31.4 Å². The van der Waals surface area contributed by atoms with Gasteiger partial charge in [-0.05, 0) is 19.4 Å². The van der Waals surface area contributed by atoms with E-state index in [1.54, 1.807) is 0 Å². The standard InChI is InChI=1S/C13H19ClN4O3/c1-3-4-5-8(2)16-13(19)9-6-10(14)12(17-15)11(7-9)18(20)21/h6-8,17H,3-5,15H2,1-2H3,(H,16,19). The average Bonchev–Trinajstić information content (AvgIpc) is 2.43. The van der Waals surface area contributed by atoms with Gasteiger partial charge in [0.2, 0.25) is 0 Å². The second-order valence-electron chi connectivity index (χ2n) is 4.77. The van der Waals surface area contributed by atoms with E-state index in [9.17, 15) is 14.9 Å². The molecule has 116 valence electrons. The molecule has 1 amide bonds. The van der Waals surface area contributed by atoms with E-state index in [0.717, 1.165) is 25.3 Å². The number of anilines is 1. The lowest BCUT2D eigenvalue weighted by Gasteiger charge is -2.14. The Hall–Kier alpha value is -1.86. The summed E-state index contributed by atoms with van der Waals surface area (Å²) in [6.45, 7) is 3.95. The van der Waals surface area contributed by atoms with Crippen molar-refractivity contribution in [3.8, 4) is 0 Å². The van der Waals surface area contributed by atoms with Crippen LogP contribution in [-0.2, 0) is 0 Å². The fourth-order valence-electron chi connectivity index (χ4n) is 1.90. The molecule has 1 atom stereocenters. The molecule has 1 aromatic rings. The number of rotatable bonds is 7. The topological polar surface area (TPSA) is 110 Å². The summed E-state index contributed by atoms with van der Waals surface area (Å²) in [7, 11) is 0. The van der Waals surface area contributed by atoms with Crippen LogP contribution in [-0.4, -0.2) is 16.9 Å². The third-order valence-corrected chi connectivity index (χ3v) is 3.34. The van der Waals surface area contributed by atoms with E-state index in [1.807, 2.05) is 6.92 Å². The van der Waals surface area contributed by atoms with Gasteiger partial charge in [0, 0.05) is 17.7 Å². The van der Waals surface area contributed by atoms with Crippen molar-refractivity contribution < 1.29 is 9.72 Å². The van der Waals surface area contributed by atoms with Gasteiger partial charge in [0.1, 0.15) is 5.69 Å². The second-order valence-corrected chi connectivity index (χ2v) is 5.18. The number of hydrogen-bond acceptors (Lipinski definition) is 5. The lowest BCUT2D eigenvalue weighted by molar-refractivity contribution is -0.384. The monoisotopic (exact) mass is 314 g/mol. The Labute approximate surface area is 128 Å². The number of amides is 1. The first-order chi connectivity index (χ1) is 9.90. The molecule has 0 spiro atoms. The van der Waals surface area contributed by atoms with Crippen molar-refractivity contribution in [1.29, 1.82) is 0 Å². The Morgan fingerprint density at radius 3 is 2.71 bits per heavy atom. The number of benzene rings is 1. The molecule has 0 aliphatic heterocycles. The summed E-state index contributed by atoms with van der Waals surface area (Å²) in [6, 6.07) is 2.50. The predicted octanol–water partition coefficient (Wildman–Crippen LogP) is 2.84. The van der Waals surface area contributed by atoms with E-state index < -0.39 is 10.8 Å². The van der Waals surface area contributed by atoms with Gasteiger partial charge in [0.25, 0.3) is 11.6 Å². The Kier molecular flexibility index (Phi) is 6.39. The van der Waals surface area contributed by atoms with E-state index in [1.165, 1.54) is 6.07 Å². The molecule has 8 heteroatoms. The highest BCUT2D eigenvalue weighted by atomic mass is 35.5. The number of carbonyl (C=O) groups excluding carboxylic acids is 1.